The molecule has 0 unspecified atom stereocenters. The Bertz CT molecular complexity index is 1050. The first kappa shape index (κ1) is 19.2. The molecule has 0 aliphatic carbocycles. The number of carbonyl (C=O) groups is 1. The van der Waals surface area contributed by atoms with Crippen molar-refractivity contribution < 1.29 is 27.8 Å². The van der Waals surface area contributed by atoms with Crippen LogP contribution in [0.5, 0.6) is 11.5 Å². The average molecular weight is 391 g/mol. The molecule has 0 bridgehead atoms. The van der Waals surface area contributed by atoms with E-state index in [2.05, 4.69) is 15.0 Å². The van der Waals surface area contributed by atoms with Crippen LogP contribution in [-0.4, -0.2) is 34.7 Å². The van der Waals surface area contributed by atoms with E-state index in [0.717, 1.165) is 4.68 Å². The van der Waals surface area contributed by atoms with E-state index in [-0.39, 0.29) is 18.1 Å². The highest BCUT2D eigenvalue weighted by Gasteiger charge is 2.13. The van der Waals surface area contributed by atoms with Crippen molar-refractivity contribution in [2.45, 2.75) is 19.8 Å². The maximum atomic E-state index is 12.3. The third-order valence-corrected chi connectivity index (χ3v) is 3.75. The highest BCUT2D eigenvalue weighted by atomic mass is 19.3. The van der Waals surface area contributed by atoms with Crippen molar-refractivity contribution >= 4 is 16.9 Å². The van der Waals surface area contributed by atoms with Gasteiger partial charge in [0.05, 0.1) is 12.5 Å². The van der Waals surface area contributed by atoms with Gasteiger partial charge in [0.2, 0.25) is 0 Å². The summed E-state index contributed by atoms with van der Waals surface area (Å²) in [5.41, 5.74) is 0.455. The van der Waals surface area contributed by atoms with Gasteiger partial charge in [0.25, 0.3) is 5.56 Å². The molecule has 0 radical (unpaired) electrons. The highest BCUT2D eigenvalue weighted by Crippen LogP contribution is 2.29. The van der Waals surface area contributed by atoms with Crippen LogP contribution < -0.4 is 15.0 Å². The van der Waals surface area contributed by atoms with Gasteiger partial charge < -0.3 is 14.2 Å². The van der Waals surface area contributed by atoms with Gasteiger partial charge in [-0.15, -0.1) is 5.10 Å². The van der Waals surface area contributed by atoms with Gasteiger partial charge in [0.1, 0.15) is 18.7 Å². The molecule has 0 N–H and O–H groups in total. The Morgan fingerprint density at radius 3 is 2.71 bits per heavy atom. The topological polar surface area (TPSA) is 92.5 Å². The van der Waals surface area contributed by atoms with Crippen molar-refractivity contribution in [2.24, 2.45) is 0 Å². The van der Waals surface area contributed by atoms with Crippen LogP contribution >= 0.6 is 0 Å². The summed E-state index contributed by atoms with van der Waals surface area (Å²) in [6, 6.07) is 10.8. The van der Waals surface area contributed by atoms with E-state index >= 15 is 0 Å². The third kappa shape index (κ3) is 4.40. The monoisotopic (exact) mass is 391 g/mol. The summed E-state index contributed by atoms with van der Waals surface area (Å²) < 4.78 is 40.0. The van der Waals surface area contributed by atoms with E-state index in [4.69, 9.17) is 9.47 Å². The van der Waals surface area contributed by atoms with Crippen LogP contribution in [0.2, 0.25) is 0 Å². The molecule has 0 atom stereocenters. The van der Waals surface area contributed by atoms with Gasteiger partial charge in [-0.05, 0) is 29.8 Å². The second-order valence-electron chi connectivity index (χ2n) is 5.59. The van der Waals surface area contributed by atoms with E-state index in [0.29, 0.717) is 16.5 Å². The van der Waals surface area contributed by atoms with Crippen molar-refractivity contribution in [3.05, 3.63) is 58.4 Å². The predicted molar refractivity (Wildman–Crippen MR) is 93.2 cm³/mol. The number of aromatic nitrogens is 3. The molecule has 0 saturated carbocycles. The average Bonchev–Trinajstić information content (AvgIpc) is 2.69. The summed E-state index contributed by atoms with van der Waals surface area (Å²) in [5, 5.41) is 7.93. The third-order valence-electron chi connectivity index (χ3n) is 3.75. The molecule has 3 aromatic rings. The number of alkyl halides is 2. The maximum absolute atomic E-state index is 12.3. The van der Waals surface area contributed by atoms with E-state index < -0.39 is 24.7 Å². The number of benzene rings is 2. The summed E-state index contributed by atoms with van der Waals surface area (Å²) >= 11 is 0. The Morgan fingerprint density at radius 1 is 1.18 bits per heavy atom. The molecule has 0 fully saturated rings. The Labute approximate surface area is 157 Å². The summed E-state index contributed by atoms with van der Waals surface area (Å²) in [6.45, 7) is -3.56. The van der Waals surface area contributed by atoms with Crippen molar-refractivity contribution in [1.82, 2.24) is 15.0 Å². The van der Waals surface area contributed by atoms with Crippen LogP contribution in [0.3, 0.4) is 0 Å². The number of rotatable bonds is 7. The number of halogens is 2. The number of carbonyl (C=O) groups excluding carboxylic acids is 1. The predicted octanol–water partition coefficient (Wildman–Crippen LogP) is 2.14. The molecule has 3 rings (SSSR count). The summed E-state index contributed by atoms with van der Waals surface area (Å²) in [7, 11) is 1.30. The molecular formula is C18H15F2N3O5. The minimum Gasteiger partial charge on any atom is -0.493 e. The Kier molecular flexibility index (Phi) is 5.78. The smallest absolute Gasteiger partial charge is 0.387 e. The maximum Gasteiger partial charge on any atom is 0.387 e. The number of ether oxygens (including phenoxy) is 3. The van der Waals surface area contributed by atoms with Gasteiger partial charge in [0.15, 0.2) is 11.5 Å². The highest BCUT2D eigenvalue weighted by molar-refractivity contribution is 5.77. The van der Waals surface area contributed by atoms with Gasteiger partial charge in [-0.25, -0.2) is 0 Å². The number of hydrogen-bond acceptors (Lipinski definition) is 7. The molecule has 8 nitrogen and oxygen atoms in total. The van der Waals surface area contributed by atoms with Crippen LogP contribution in [0.15, 0.2) is 47.3 Å². The number of fused-ring (bicyclic) bond motifs is 1. The second-order valence-corrected chi connectivity index (χ2v) is 5.59. The van der Waals surface area contributed by atoms with Crippen LogP contribution in [0.1, 0.15) is 5.56 Å². The molecule has 28 heavy (non-hydrogen) atoms. The van der Waals surface area contributed by atoms with Crippen LogP contribution in [0.25, 0.3) is 10.9 Å². The fourth-order valence-corrected chi connectivity index (χ4v) is 2.45. The Hall–Kier alpha value is -3.56. The normalized spacial score (nSPS) is 10.9. The lowest BCUT2D eigenvalue weighted by molar-refractivity contribution is -0.146. The summed E-state index contributed by atoms with van der Waals surface area (Å²) in [5.74, 6) is -0.769. The minimum absolute atomic E-state index is 0.0745. The zero-order chi connectivity index (χ0) is 20.1. The van der Waals surface area contributed by atoms with Gasteiger partial charge in [-0.1, -0.05) is 23.4 Å². The summed E-state index contributed by atoms with van der Waals surface area (Å²) in [4.78, 5) is 24.3. The molecule has 0 aliphatic rings. The molecule has 1 aromatic heterocycles. The number of methoxy groups -OCH3 is 1. The van der Waals surface area contributed by atoms with Crippen LogP contribution in [-0.2, 0) is 22.7 Å². The Balaban J connectivity index is 1.66. The largest absolute Gasteiger partial charge is 0.493 e. The standard InChI is InChI=1S/C18H15F2N3O5/c1-26-15-8-11(6-7-14(15)28-18(19)20)10-27-16(24)9-23-17(25)12-4-2-3-5-13(12)21-22-23/h2-8,18H,9-10H2,1H3. The molecule has 146 valence electrons. The van der Waals surface area contributed by atoms with Gasteiger partial charge in [-0.3, -0.25) is 9.59 Å². The van der Waals surface area contributed by atoms with Crippen molar-refractivity contribution in [2.75, 3.05) is 7.11 Å². The first-order chi connectivity index (χ1) is 13.5. The lowest BCUT2D eigenvalue weighted by Crippen LogP contribution is -2.28. The van der Waals surface area contributed by atoms with Gasteiger partial charge >= 0.3 is 12.6 Å². The number of nitrogens with zero attached hydrogens (tertiary/aromatic N) is 3. The number of hydrogen-bond donors (Lipinski definition) is 0. The molecule has 2 aromatic carbocycles. The van der Waals surface area contributed by atoms with Crippen molar-refractivity contribution in [1.29, 1.82) is 0 Å². The number of esters is 1. The van der Waals surface area contributed by atoms with Crippen molar-refractivity contribution in [3.63, 3.8) is 0 Å². The minimum atomic E-state index is -2.99. The summed E-state index contributed by atoms with van der Waals surface area (Å²) in [6.07, 6.45) is 0. The molecule has 0 saturated heterocycles. The van der Waals surface area contributed by atoms with E-state index in [9.17, 15) is 18.4 Å². The molecule has 0 amide bonds. The first-order valence-electron chi connectivity index (χ1n) is 8.08. The zero-order valence-electron chi connectivity index (χ0n) is 14.7. The van der Waals surface area contributed by atoms with Crippen LogP contribution in [0, 0.1) is 0 Å². The van der Waals surface area contributed by atoms with Crippen LogP contribution in [0.4, 0.5) is 8.78 Å². The van der Waals surface area contributed by atoms with Gasteiger partial charge in [-0.2, -0.15) is 13.5 Å². The molecule has 0 aliphatic heterocycles. The van der Waals surface area contributed by atoms with E-state index in [1.807, 2.05) is 0 Å². The molecule has 10 heteroatoms. The molecule has 0 spiro atoms. The van der Waals surface area contributed by atoms with Gasteiger partial charge in [0, 0.05) is 0 Å². The second kappa shape index (κ2) is 8.42. The lowest BCUT2D eigenvalue weighted by atomic mass is 10.2. The fourth-order valence-electron chi connectivity index (χ4n) is 2.45. The first-order valence-corrected chi connectivity index (χ1v) is 8.08. The molecule has 1 heterocycles. The molecular weight excluding hydrogens is 376 g/mol. The zero-order valence-corrected chi connectivity index (χ0v) is 14.7. The fraction of sp³-hybridized carbons (Fsp3) is 0.222. The quantitative estimate of drug-likeness (QED) is 0.570. The van der Waals surface area contributed by atoms with E-state index in [1.54, 1.807) is 24.3 Å². The van der Waals surface area contributed by atoms with E-state index in [1.165, 1.54) is 25.3 Å². The lowest BCUT2D eigenvalue weighted by Gasteiger charge is -2.11. The Morgan fingerprint density at radius 2 is 1.96 bits per heavy atom. The SMILES string of the molecule is COc1cc(COC(=O)Cn2nnc3ccccc3c2=O)ccc1OC(F)F. The van der Waals surface area contributed by atoms with Crippen molar-refractivity contribution in [3.8, 4) is 11.5 Å².